The molecule has 0 radical (unpaired) electrons. The number of hydrogen-bond donors (Lipinski definition) is 1. The molecule has 0 spiro atoms. The first-order valence-electron chi connectivity index (χ1n) is 7.27. The molecule has 21 heavy (non-hydrogen) atoms. The summed E-state index contributed by atoms with van der Waals surface area (Å²) in [6.45, 7) is 3.16. The summed E-state index contributed by atoms with van der Waals surface area (Å²) in [5.74, 6) is 0.0898. The van der Waals surface area contributed by atoms with Gasteiger partial charge in [0.2, 0.25) is 5.91 Å². The lowest BCUT2D eigenvalue weighted by atomic mass is 10.1. The van der Waals surface area contributed by atoms with E-state index < -0.39 is 0 Å². The number of carbonyl (C=O) groups is 2. The predicted molar refractivity (Wildman–Crippen MR) is 79.7 cm³/mol. The van der Waals surface area contributed by atoms with E-state index in [9.17, 15) is 9.59 Å². The van der Waals surface area contributed by atoms with E-state index >= 15 is 0 Å². The zero-order chi connectivity index (χ0) is 15.4. The molecule has 1 saturated heterocycles. The molecule has 1 heterocycles. The van der Waals surface area contributed by atoms with Crippen molar-refractivity contribution in [3.8, 4) is 0 Å². The Hall–Kier alpha value is -1.88. The summed E-state index contributed by atoms with van der Waals surface area (Å²) in [5.41, 5.74) is 1.62. The Balaban J connectivity index is 2.01. The van der Waals surface area contributed by atoms with Crippen LogP contribution in [0.2, 0.25) is 0 Å². The Kier molecular flexibility index (Phi) is 4.96. The smallest absolute Gasteiger partial charge is 0.253 e. The van der Waals surface area contributed by atoms with Gasteiger partial charge in [-0.15, -0.1) is 0 Å². The van der Waals surface area contributed by atoms with E-state index in [1.165, 1.54) is 4.90 Å². The molecule has 1 unspecified atom stereocenters. The third kappa shape index (κ3) is 3.61. The average Bonchev–Trinajstić information content (AvgIpc) is 2.91. The third-order valence-corrected chi connectivity index (χ3v) is 3.99. The second kappa shape index (κ2) is 6.72. The van der Waals surface area contributed by atoms with Crippen LogP contribution in [0.4, 0.5) is 0 Å². The van der Waals surface area contributed by atoms with E-state index in [1.807, 2.05) is 17.0 Å². The number of aliphatic hydroxyl groups is 1. The number of amides is 2. The zero-order valence-corrected chi connectivity index (χ0v) is 12.6. The van der Waals surface area contributed by atoms with Crippen LogP contribution in [0.15, 0.2) is 24.3 Å². The van der Waals surface area contributed by atoms with Gasteiger partial charge in [-0.3, -0.25) is 9.59 Å². The molecule has 0 saturated carbocycles. The van der Waals surface area contributed by atoms with Crippen LogP contribution in [0.1, 0.15) is 35.7 Å². The second-order valence-electron chi connectivity index (χ2n) is 5.56. The number of carbonyl (C=O) groups excluding carboxylic acids is 2. The predicted octanol–water partition coefficient (Wildman–Crippen LogP) is 1.26. The van der Waals surface area contributed by atoms with Crippen molar-refractivity contribution in [1.29, 1.82) is 0 Å². The fourth-order valence-corrected chi connectivity index (χ4v) is 2.37. The maximum Gasteiger partial charge on any atom is 0.253 e. The second-order valence-corrected chi connectivity index (χ2v) is 5.56. The fourth-order valence-electron chi connectivity index (χ4n) is 2.37. The molecule has 0 aliphatic carbocycles. The maximum absolute atomic E-state index is 12.2. The quantitative estimate of drug-likeness (QED) is 0.888. The molecule has 5 nitrogen and oxygen atoms in total. The summed E-state index contributed by atoms with van der Waals surface area (Å²) in [7, 11) is 1.68. The molecule has 5 heteroatoms. The number of nitrogens with zero attached hydrogens (tertiary/aromatic N) is 2. The standard InChI is InChI=1S/C16H22N2O3/c1-12(11-19)17(2)16(21)14-7-5-13(6-8-14)10-18-9-3-4-15(18)20/h5-8,12,19H,3-4,9-11H2,1-2H3. The summed E-state index contributed by atoms with van der Waals surface area (Å²) in [5, 5.41) is 9.10. The zero-order valence-electron chi connectivity index (χ0n) is 12.6. The van der Waals surface area contributed by atoms with Crippen molar-refractivity contribution in [2.75, 3.05) is 20.2 Å². The van der Waals surface area contributed by atoms with Gasteiger partial charge in [0.05, 0.1) is 12.6 Å². The topological polar surface area (TPSA) is 60.9 Å². The van der Waals surface area contributed by atoms with Gasteiger partial charge in [-0.2, -0.15) is 0 Å². The Labute approximate surface area is 125 Å². The minimum Gasteiger partial charge on any atom is -0.394 e. The molecule has 0 aromatic heterocycles. The van der Waals surface area contributed by atoms with E-state index in [1.54, 1.807) is 26.1 Å². The van der Waals surface area contributed by atoms with Crippen molar-refractivity contribution in [3.63, 3.8) is 0 Å². The van der Waals surface area contributed by atoms with E-state index in [-0.39, 0.29) is 24.5 Å². The normalized spacial score (nSPS) is 16.1. The van der Waals surface area contributed by atoms with Gasteiger partial charge in [0, 0.05) is 32.1 Å². The summed E-state index contributed by atoms with van der Waals surface area (Å²) >= 11 is 0. The van der Waals surface area contributed by atoms with Crippen LogP contribution in [-0.4, -0.2) is 53.0 Å². The van der Waals surface area contributed by atoms with Crippen molar-refractivity contribution in [3.05, 3.63) is 35.4 Å². The molecule has 1 aromatic carbocycles. The monoisotopic (exact) mass is 290 g/mol. The lowest BCUT2D eigenvalue weighted by molar-refractivity contribution is -0.128. The lowest BCUT2D eigenvalue weighted by Crippen LogP contribution is -2.37. The van der Waals surface area contributed by atoms with Gasteiger partial charge in [0.1, 0.15) is 0 Å². The highest BCUT2D eigenvalue weighted by Crippen LogP contribution is 2.15. The summed E-state index contributed by atoms with van der Waals surface area (Å²) in [4.78, 5) is 27.2. The third-order valence-electron chi connectivity index (χ3n) is 3.99. The molecule has 1 fully saturated rings. The number of rotatable bonds is 5. The number of likely N-dealkylation sites (tertiary alicyclic amines) is 1. The Morgan fingerprint density at radius 1 is 1.38 bits per heavy atom. The number of benzene rings is 1. The Morgan fingerprint density at radius 2 is 2.05 bits per heavy atom. The largest absolute Gasteiger partial charge is 0.394 e. The first kappa shape index (κ1) is 15.5. The van der Waals surface area contributed by atoms with E-state index in [0.717, 1.165) is 18.5 Å². The summed E-state index contributed by atoms with van der Waals surface area (Å²) in [6, 6.07) is 7.11. The molecule has 114 valence electrons. The van der Waals surface area contributed by atoms with Crippen LogP contribution in [0.25, 0.3) is 0 Å². The average molecular weight is 290 g/mol. The van der Waals surface area contributed by atoms with Crippen LogP contribution in [0.5, 0.6) is 0 Å². The van der Waals surface area contributed by atoms with Crippen molar-refractivity contribution >= 4 is 11.8 Å². The number of hydrogen-bond acceptors (Lipinski definition) is 3. The summed E-state index contributed by atoms with van der Waals surface area (Å²) in [6.07, 6.45) is 1.57. The van der Waals surface area contributed by atoms with E-state index in [2.05, 4.69) is 0 Å². The van der Waals surface area contributed by atoms with Gasteiger partial charge in [0.15, 0.2) is 0 Å². The molecular formula is C16H22N2O3. The molecule has 1 aromatic rings. The van der Waals surface area contributed by atoms with Crippen LogP contribution in [0.3, 0.4) is 0 Å². The Morgan fingerprint density at radius 3 is 2.57 bits per heavy atom. The molecule has 1 N–H and O–H groups in total. The van der Waals surface area contributed by atoms with Crippen molar-refractivity contribution in [2.45, 2.75) is 32.4 Å². The highest BCUT2D eigenvalue weighted by atomic mass is 16.3. The minimum atomic E-state index is -0.209. The molecule has 1 atom stereocenters. The molecule has 2 amide bonds. The van der Waals surface area contributed by atoms with E-state index in [0.29, 0.717) is 18.5 Å². The van der Waals surface area contributed by atoms with Crippen molar-refractivity contribution < 1.29 is 14.7 Å². The van der Waals surface area contributed by atoms with E-state index in [4.69, 9.17) is 5.11 Å². The highest BCUT2D eigenvalue weighted by Gasteiger charge is 2.20. The molecule has 1 aliphatic heterocycles. The molecule has 2 rings (SSSR count). The van der Waals surface area contributed by atoms with Crippen LogP contribution in [-0.2, 0) is 11.3 Å². The number of aliphatic hydroxyl groups excluding tert-OH is 1. The van der Waals surface area contributed by atoms with Gasteiger partial charge in [-0.25, -0.2) is 0 Å². The minimum absolute atomic E-state index is 0.0581. The first-order chi connectivity index (χ1) is 10.0. The number of likely N-dealkylation sites (N-methyl/N-ethyl adjacent to an activating group) is 1. The van der Waals surface area contributed by atoms with Crippen LogP contribution < -0.4 is 0 Å². The van der Waals surface area contributed by atoms with Crippen LogP contribution >= 0.6 is 0 Å². The van der Waals surface area contributed by atoms with Gasteiger partial charge in [0.25, 0.3) is 5.91 Å². The van der Waals surface area contributed by atoms with Gasteiger partial charge >= 0.3 is 0 Å². The van der Waals surface area contributed by atoms with Crippen LogP contribution in [0, 0.1) is 0 Å². The first-order valence-corrected chi connectivity index (χ1v) is 7.27. The van der Waals surface area contributed by atoms with Gasteiger partial charge < -0.3 is 14.9 Å². The highest BCUT2D eigenvalue weighted by molar-refractivity contribution is 5.94. The molecule has 1 aliphatic rings. The molecular weight excluding hydrogens is 268 g/mol. The molecule has 0 bridgehead atoms. The SMILES string of the molecule is CC(CO)N(C)C(=O)c1ccc(CN2CCCC2=O)cc1. The van der Waals surface area contributed by atoms with Crippen molar-refractivity contribution in [2.24, 2.45) is 0 Å². The summed E-state index contributed by atoms with van der Waals surface area (Å²) < 4.78 is 0. The Bertz CT molecular complexity index is 513. The maximum atomic E-state index is 12.2. The lowest BCUT2D eigenvalue weighted by Gasteiger charge is -2.23. The fraction of sp³-hybridized carbons (Fsp3) is 0.500. The van der Waals surface area contributed by atoms with Crippen molar-refractivity contribution in [1.82, 2.24) is 9.80 Å². The van der Waals surface area contributed by atoms with Gasteiger partial charge in [-0.05, 0) is 31.0 Å². The van der Waals surface area contributed by atoms with Gasteiger partial charge in [-0.1, -0.05) is 12.1 Å².